The molecule has 0 saturated heterocycles. The van der Waals surface area contributed by atoms with E-state index in [1.54, 1.807) is 7.11 Å². The molecule has 0 bridgehead atoms. The molecule has 0 atom stereocenters. The molecule has 154 valence electrons. The fraction of sp³-hybridized carbons (Fsp3) is 0.450. The zero-order chi connectivity index (χ0) is 20.5. The van der Waals surface area contributed by atoms with Crippen LogP contribution in [0.4, 0.5) is 17.5 Å². The summed E-state index contributed by atoms with van der Waals surface area (Å²) in [6.07, 6.45) is 4.57. The standard InChI is InChI=1S/C20H28N8O/c1-28-16(10-11-9-14(29-2)7-8-15(11)22)25-17-18(23)26-20(27-19(17)28)24-13-5-3-12(21)4-6-13/h7-9,12-13H,3-6,10,21-22H2,1-2H3,(H3,23,24,26,27). The molecule has 1 saturated carbocycles. The summed E-state index contributed by atoms with van der Waals surface area (Å²) >= 11 is 0. The molecule has 7 N–H and O–H groups in total. The van der Waals surface area contributed by atoms with Gasteiger partial charge in [0.05, 0.1) is 7.11 Å². The van der Waals surface area contributed by atoms with Gasteiger partial charge in [0.1, 0.15) is 11.6 Å². The van der Waals surface area contributed by atoms with Gasteiger partial charge in [-0.15, -0.1) is 0 Å². The minimum atomic E-state index is 0.296. The first-order chi connectivity index (χ1) is 13.9. The Bertz CT molecular complexity index is 1020. The lowest BCUT2D eigenvalue weighted by Gasteiger charge is -2.26. The van der Waals surface area contributed by atoms with Gasteiger partial charge >= 0.3 is 0 Å². The number of aromatic nitrogens is 4. The van der Waals surface area contributed by atoms with Crippen molar-refractivity contribution in [2.75, 3.05) is 23.9 Å². The molecule has 0 aliphatic heterocycles. The normalized spacial score (nSPS) is 19.4. The highest BCUT2D eigenvalue weighted by Gasteiger charge is 2.21. The van der Waals surface area contributed by atoms with E-state index in [0.29, 0.717) is 47.1 Å². The van der Waals surface area contributed by atoms with Crippen LogP contribution in [0.5, 0.6) is 5.75 Å². The first kappa shape index (κ1) is 19.3. The second kappa shape index (κ2) is 7.75. The summed E-state index contributed by atoms with van der Waals surface area (Å²) in [7, 11) is 3.56. The van der Waals surface area contributed by atoms with Crippen LogP contribution in [0.1, 0.15) is 37.1 Å². The van der Waals surface area contributed by atoms with Gasteiger partial charge in [-0.25, -0.2) is 4.98 Å². The Balaban J connectivity index is 1.62. The molecule has 0 unspecified atom stereocenters. The monoisotopic (exact) mass is 396 g/mol. The Morgan fingerprint density at radius 1 is 1.14 bits per heavy atom. The Kier molecular flexibility index (Phi) is 5.14. The minimum Gasteiger partial charge on any atom is -0.497 e. The first-order valence-electron chi connectivity index (χ1n) is 9.88. The molecule has 0 spiro atoms. The molecule has 29 heavy (non-hydrogen) atoms. The van der Waals surface area contributed by atoms with Crippen molar-refractivity contribution in [3.63, 3.8) is 0 Å². The van der Waals surface area contributed by atoms with Crippen molar-refractivity contribution in [2.45, 2.75) is 44.2 Å². The third kappa shape index (κ3) is 3.91. The van der Waals surface area contributed by atoms with Crippen molar-refractivity contribution >= 4 is 28.6 Å². The van der Waals surface area contributed by atoms with Crippen molar-refractivity contribution in [3.8, 4) is 5.75 Å². The zero-order valence-electron chi connectivity index (χ0n) is 16.9. The lowest BCUT2D eigenvalue weighted by atomic mass is 9.92. The number of nitrogen functional groups attached to an aromatic ring is 2. The summed E-state index contributed by atoms with van der Waals surface area (Å²) in [5, 5.41) is 3.41. The maximum Gasteiger partial charge on any atom is 0.226 e. The predicted molar refractivity (Wildman–Crippen MR) is 115 cm³/mol. The van der Waals surface area contributed by atoms with E-state index in [2.05, 4.69) is 20.3 Å². The van der Waals surface area contributed by atoms with Gasteiger partial charge in [-0.3, -0.25) is 0 Å². The van der Waals surface area contributed by atoms with Crippen LogP contribution in [0.25, 0.3) is 11.2 Å². The van der Waals surface area contributed by atoms with E-state index in [0.717, 1.165) is 42.8 Å². The van der Waals surface area contributed by atoms with Gasteiger partial charge in [0, 0.05) is 31.2 Å². The van der Waals surface area contributed by atoms with Gasteiger partial charge < -0.3 is 31.8 Å². The SMILES string of the molecule is COc1ccc(N)c(Cc2nc3c(N)nc(NC4CCC(N)CC4)nc3n2C)c1. The number of ether oxygens (including phenoxy) is 1. The average Bonchev–Trinajstić information content (AvgIpc) is 3.02. The Labute approximate surface area is 169 Å². The first-order valence-corrected chi connectivity index (χ1v) is 9.88. The van der Waals surface area contributed by atoms with Crippen LogP contribution >= 0.6 is 0 Å². The molecule has 3 aromatic rings. The number of nitrogens with one attached hydrogen (secondary N) is 1. The van der Waals surface area contributed by atoms with E-state index in [4.69, 9.17) is 21.9 Å². The summed E-state index contributed by atoms with van der Waals surface area (Å²) in [5.41, 5.74) is 21.3. The van der Waals surface area contributed by atoms with Crippen molar-refractivity contribution in [2.24, 2.45) is 12.8 Å². The molecule has 0 radical (unpaired) electrons. The molecular weight excluding hydrogens is 368 g/mol. The number of hydrogen-bond donors (Lipinski definition) is 4. The molecule has 2 aromatic heterocycles. The minimum absolute atomic E-state index is 0.296. The Hall–Kier alpha value is -3.07. The summed E-state index contributed by atoms with van der Waals surface area (Å²) < 4.78 is 7.25. The quantitative estimate of drug-likeness (QED) is 0.478. The number of methoxy groups -OCH3 is 1. The van der Waals surface area contributed by atoms with Crippen LogP contribution in [-0.2, 0) is 13.5 Å². The molecule has 1 aliphatic rings. The van der Waals surface area contributed by atoms with Crippen molar-refractivity contribution in [3.05, 3.63) is 29.6 Å². The molecule has 1 aromatic carbocycles. The summed E-state index contributed by atoms with van der Waals surface area (Å²) in [6.45, 7) is 0. The molecule has 9 heteroatoms. The summed E-state index contributed by atoms with van der Waals surface area (Å²) in [5.74, 6) is 2.46. The topological polar surface area (TPSA) is 143 Å². The lowest BCUT2D eigenvalue weighted by molar-refractivity contribution is 0.410. The maximum atomic E-state index is 6.20. The van der Waals surface area contributed by atoms with Gasteiger partial charge in [0.25, 0.3) is 0 Å². The van der Waals surface area contributed by atoms with Crippen molar-refractivity contribution in [1.29, 1.82) is 0 Å². The Morgan fingerprint density at radius 3 is 2.62 bits per heavy atom. The second-order valence-electron chi connectivity index (χ2n) is 7.69. The van der Waals surface area contributed by atoms with Gasteiger partial charge in [-0.2, -0.15) is 9.97 Å². The fourth-order valence-electron chi connectivity index (χ4n) is 3.83. The van der Waals surface area contributed by atoms with E-state index < -0.39 is 0 Å². The Morgan fingerprint density at radius 2 is 1.90 bits per heavy atom. The van der Waals surface area contributed by atoms with Crippen LogP contribution < -0.4 is 27.3 Å². The van der Waals surface area contributed by atoms with E-state index in [1.807, 2.05) is 29.8 Å². The number of imidazole rings is 1. The predicted octanol–water partition coefficient (Wildman–Crippen LogP) is 1.81. The number of rotatable bonds is 5. The van der Waals surface area contributed by atoms with Gasteiger partial charge in [-0.1, -0.05) is 0 Å². The molecular formula is C20H28N8O. The number of nitrogens with zero attached hydrogens (tertiary/aromatic N) is 4. The number of aryl methyl sites for hydroxylation is 1. The average molecular weight is 396 g/mol. The lowest BCUT2D eigenvalue weighted by Crippen LogP contribution is -2.33. The third-order valence-corrected chi connectivity index (χ3v) is 5.64. The molecule has 9 nitrogen and oxygen atoms in total. The highest BCUT2D eigenvalue weighted by molar-refractivity contribution is 5.83. The second-order valence-corrected chi connectivity index (χ2v) is 7.69. The van der Waals surface area contributed by atoms with E-state index >= 15 is 0 Å². The van der Waals surface area contributed by atoms with E-state index in [-0.39, 0.29) is 0 Å². The van der Waals surface area contributed by atoms with Gasteiger partial charge in [-0.05, 0) is 49.4 Å². The molecule has 0 amide bonds. The van der Waals surface area contributed by atoms with Crippen molar-refractivity contribution < 1.29 is 4.74 Å². The molecule has 2 heterocycles. The molecule has 4 rings (SSSR count). The number of hydrogen-bond acceptors (Lipinski definition) is 8. The fourth-order valence-corrected chi connectivity index (χ4v) is 3.83. The molecule has 1 aliphatic carbocycles. The van der Waals surface area contributed by atoms with Crippen LogP contribution in [0.3, 0.4) is 0 Å². The summed E-state index contributed by atoms with van der Waals surface area (Å²) in [6, 6.07) is 6.21. The maximum absolute atomic E-state index is 6.20. The number of nitrogens with two attached hydrogens (primary N) is 3. The van der Waals surface area contributed by atoms with Gasteiger partial charge in [0.2, 0.25) is 5.95 Å². The van der Waals surface area contributed by atoms with Gasteiger partial charge in [0.15, 0.2) is 17.0 Å². The van der Waals surface area contributed by atoms with Crippen LogP contribution in [0.15, 0.2) is 18.2 Å². The number of fused-ring (bicyclic) bond motifs is 1. The number of benzene rings is 1. The largest absolute Gasteiger partial charge is 0.497 e. The van der Waals surface area contributed by atoms with Crippen LogP contribution in [0.2, 0.25) is 0 Å². The number of anilines is 3. The van der Waals surface area contributed by atoms with E-state index in [1.165, 1.54) is 0 Å². The zero-order valence-corrected chi connectivity index (χ0v) is 16.9. The van der Waals surface area contributed by atoms with Crippen LogP contribution in [0, 0.1) is 0 Å². The van der Waals surface area contributed by atoms with Crippen molar-refractivity contribution in [1.82, 2.24) is 19.5 Å². The highest BCUT2D eigenvalue weighted by atomic mass is 16.5. The molecule has 1 fully saturated rings. The highest BCUT2D eigenvalue weighted by Crippen LogP contribution is 2.26. The van der Waals surface area contributed by atoms with E-state index in [9.17, 15) is 0 Å². The smallest absolute Gasteiger partial charge is 0.226 e. The third-order valence-electron chi connectivity index (χ3n) is 5.64. The summed E-state index contributed by atoms with van der Waals surface area (Å²) in [4.78, 5) is 13.8. The van der Waals surface area contributed by atoms with Crippen LogP contribution in [-0.4, -0.2) is 38.7 Å².